The van der Waals surface area contributed by atoms with Crippen molar-refractivity contribution in [1.82, 2.24) is 24.8 Å². The maximum Gasteiger partial charge on any atom is 0.320 e. The van der Waals surface area contributed by atoms with Crippen LogP contribution in [0.25, 0.3) is 5.65 Å². The molecule has 0 saturated carbocycles. The number of amides is 3. The van der Waals surface area contributed by atoms with Crippen LogP contribution >= 0.6 is 0 Å². The Labute approximate surface area is 192 Å². The molecule has 2 aliphatic heterocycles. The fourth-order valence-corrected chi connectivity index (χ4v) is 4.88. The van der Waals surface area contributed by atoms with Crippen molar-refractivity contribution >= 4 is 29.2 Å². The van der Waals surface area contributed by atoms with Crippen molar-refractivity contribution in [3.8, 4) is 0 Å². The number of anilines is 2. The Morgan fingerprint density at radius 3 is 2.76 bits per heavy atom. The predicted molar refractivity (Wildman–Crippen MR) is 126 cm³/mol. The van der Waals surface area contributed by atoms with E-state index >= 15 is 0 Å². The van der Waals surface area contributed by atoms with E-state index < -0.39 is 0 Å². The number of hydrogen-bond acceptors (Lipinski definition) is 5. The maximum atomic E-state index is 13.4. The second-order valence-electron chi connectivity index (χ2n) is 8.64. The number of carbonyl (C=O) groups excluding carboxylic acids is 2. The largest absolute Gasteiger partial charge is 0.354 e. The van der Waals surface area contributed by atoms with Crippen molar-refractivity contribution in [3.63, 3.8) is 0 Å². The van der Waals surface area contributed by atoms with Gasteiger partial charge in [-0.25, -0.2) is 14.3 Å². The number of nitrogens with one attached hydrogen (secondary N) is 2. The zero-order valence-corrected chi connectivity index (χ0v) is 18.8. The molecule has 2 unspecified atom stereocenters. The van der Waals surface area contributed by atoms with Crippen LogP contribution in [0.2, 0.25) is 0 Å². The van der Waals surface area contributed by atoms with Crippen molar-refractivity contribution < 1.29 is 9.59 Å². The lowest BCUT2D eigenvalue weighted by molar-refractivity contribution is -0.135. The van der Waals surface area contributed by atoms with E-state index in [0.29, 0.717) is 24.6 Å². The van der Waals surface area contributed by atoms with Gasteiger partial charge in [-0.1, -0.05) is 30.3 Å². The molecule has 9 nitrogen and oxygen atoms in total. The third-order valence-corrected chi connectivity index (χ3v) is 6.47. The van der Waals surface area contributed by atoms with Gasteiger partial charge in [0, 0.05) is 26.2 Å². The molecule has 2 N–H and O–H groups in total. The molecule has 33 heavy (non-hydrogen) atoms. The zero-order valence-electron chi connectivity index (χ0n) is 18.8. The molecule has 0 aliphatic carbocycles. The third kappa shape index (κ3) is 4.35. The van der Waals surface area contributed by atoms with Crippen LogP contribution in [0, 0.1) is 5.92 Å². The normalized spacial score (nSPS) is 20.4. The second-order valence-corrected chi connectivity index (χ2v) is 8.64. The summed E-state index contributed by atoms with van der Waals surface area (Å²) in [5.41, 5.74) is 1.88. The lowest BCUT2D eigenvalue weighted by Gasteiger charge is -2.28. The number of aromatic nitrogens is 3. The number of urea groups is 1. The van der Waals surface area contributed by atoms with Crippen LogP contribution in [-0.4, -0.2) is 57.6 Å². The lowest BCUT2D eigenvalue weighted by Crippen LogP contribution is -2.37. The number of nitrogens with zero attached hydrogens (tertiary/aromatic N) is 5. The van der Waals surface area contributed by atoms with E-state index in [2.05, 4.69) is 42.6 Å². The highest BCUT2D eigenvalue weighted by Gasteiger charge is 2.37. The quantitative estimate of drug-likeness (QED) is 0.627. The van der Waals surface area contributed by atoms with Gasteiger partial charge in [-0.3, -0.25) is 10.1 Å². The topological polar surface area (TPSA) is 94.9 Å². The molecule has 0 bridgehead atoms. The number of benzene rings is 1. The standard InChI is InChI=1S/C24H29N7O2/c1-2-25-24(33)27-20-16-31-21(26-20)10-11-22(28-31)29-14-12-18(15-29)23(32)30-13-6-9-19(30)17-7-4-3-5-8-17/h3-5,7-8,10-11,16,18-19H,2,6,9,12-15H2,1H3,(H2,25,27,33). The van der Waals surface area contributed by atoms with Crippen molar-refractivity contribution in [2.24, 2.45) is 5.92 Å². The van der Waals surface area contributed by atoms with Gasteiger partial charge < -0.3 is 15.1 Å². The molecule has 2 aromatic heterocycles. The first-order valence-corrected chi connectivity index (χ1v) is 11.6. The summed E-state index contributed by atoms with van der Waals surface area (Å²) in [6.45, 7) is 4.68. The van der Waals surface area contributed by atoms with Crippen LogP contribution in [0.5, 0.6) is 0 Å². The molecule has 9 heteroatoms. The van der Waals surface area contributed by atoms with Crippen LogP contribution in [0.4, 0.5) is 16.4 Å². The summed E-state index contributed by atoms with van der Waals surface area (Å²) in [5, 5.41) is 10.1. The van der Waals surface area contributed by atoms with Crippen molar-refractivity contribution in [3.05, 3.63) is 54.2 Å². The molecule has 2 aliphatic rings. The third-order valence-electron chi connectivity index (χ3n) is 6.47. The first-order chi connectivity index (χ1) is 16.1. The van der Waals surface area contributed by atoms with Crippen LogP contribution in [0.15, 0.2) is 48.7 Å². The van der Waals surface area contributed by atoms with Gasteiger partial charge >= 0.3 is 6.03 Å². The molecule has 1 aromatic carbocycles. The van der Waals surface area contributed by atoms with Gasteiger partial charge in [-0.15, -0.1) is 5.10 Å². The van der Waals surface area contributed by atoms with Gasteiger partial charge in [0.2, 0.25) is 5.91 Å². The molecule has 0 radical (unpaired) electrons. The predicted octanol–water partition coefficient (Wildman–Crippen LogP) is 3.06. The van der Waals surface area contributed by atoms with Crippen molar-refractivity contribution in [1.29, 1.82) is 0 Å². The number of imidazole rings is 1. The molecule has 172 valence electrons. The first-order valence-electron chi connectivity index (χ1n) is 11.6. The highest BCUT2D eigenvalue weighted by Crippen LogP contribution is 2.34. The second kappa shape index (κ2) is 9.09. The van der Waals surface area contributed by atoms with E-state index in [9.17, 15) is 9.59 Å². The minimum absolute atomic E-state index is 0.0236. The van der Waals surface area contributed by atoms with E-state index in [1.165, 1.54) is 5.56 Å². The monoisotopic (exact) mass is 447 g/mol. The Hall–Kier alpha value is -3.62. The average Bonchev–Trinajstić information content (AvgIpc) is 3.57. The molecule has 2 saturated heterocycles. The summed E-state index contributed by atoms with van der Waals surface area (Å²) in [6.07, 6.45) is 4.59. The minimum Gasteiger partial charge on any atom is -0.354 e. The minimum atomic E-state index is -0.294. The number of rotatable bonds is 5. The number of fused-ring (bicyclic) bond motifs is 1. The molecule has 2 atom stereocenters. The molecule has 4 heterocycles. The van der Waals surface area contributed by atoms with Gasteiger partial charge in [-0.05, 0) is 43.9 Å². The summed E-state index contributed by atoms with van der Waals surface area (Å²) in [6, 6.07) is 14.0. The number of hydrogen-bond donors (Lipinski definition) is 2. The van der Waals surface area contributed by atoms with Crippen LogP contribution < -0.4 is 15.5 Å². The number of likely N-dealkylation sites (tertiary alicyclic amines) is 1. The molecule has 3 amide bonds. The van der Waals surface area contributed by atoms with Gasteiger partial charge in [0.05, 0.1) is 18.2 Å². The van der Waals surface area contributed by atoms with Gasteiger partial charge in [0.1, 0.15) is 5.82 Å². The Bertz CT molecular complexity index is 1150. The van der Waals surface area contributed by atoms with Gasteiger partial charge in [0.25, 0.3) is 0 Å². The first kappa shape index (κ1) is 21.2. The summed E-state index contributed by atoms with van der Waals surface area (Å²) in [4.78, 5) is 33.8. The smallest absolute Gasteiger partial charge is 0.320 e. The fraction of sp³-hybridized carbons (Fsp3) is 0.417. The Morgan fingerprint density at radius 1 is 1.09 bits per heavy atom. The lowest BCUT2D eigenvalue weighted by atomic mass is 10.0. The number of carbonyl (C=O) groups is 2. The van der Waals surface area contributed by atoms with Gasteiger partial charge in [-0.2, -0.15) is 0 Å². The highest BCUT2D eigenvalue weighted by molar-refractivity contribution is 5.88. The SMILES string of the molecule is CCNC(=O)Nc1cn2nc(N3CCC(C(=O)N4CCCC4c4ccccc4)C3)ccc2n1. The molecular weight excluding hydrogens is 418 g/mol. The van der Waals surface area contributed by atoms with E-state index in [1.807, 2.05) is 37.3 Å². The summed E-state index contributed by atoms with van der Waals surface area (Å²) < 4.78 is 1.66. The van der Waals surface area contributed by atoms with Crippen LogP contribution in [0.3, 0.4) is 0 Å². The average molecular weight is 448 g/mol. The van der Waals surface area contributed by atoms with Crippen molar-refractivity contribution in [2.45, 2.75) is 32.2 Å². The Kier molecular flexibility index (Phi) is 5.85. The Balaban J connectivity index is 1.26. The molecular formula is C24H29N7O2. The van der Waals surface area contributed by atoms with Crippen LogP contribution in [-0.2, 0) is 4.79 Å². The van der Waals surface area contributed by atoms with E-state index in [0.717, 1.165) is 38.2 Å². The van der Waals surface area contributed by atoms with E-state index in [1.54, 1.807) is 10.7 Å². The van der Waals surface area contributed by atoms with Crippen molar-refractivity contribution in [2.75, 3.05) is 36.4 Å². The fourth-order valence-electron chi connectivity index (χ4n) is 4.88. The maximum absolute atomic E-state index is 13.4. The highest BCUT2D eigenvalue weighted by atomic mass is 16.2. The summed E-state index contributed by atoms with van der Waals surface area (Å²) in [7, 11) is 0. The summed E-state index contributed by atoms with van der Waals surface area (Å²) >= 11 is 0. The molecule has 3 aromatic rings. The summed E-state index contributed by atoms with van der Waals surface area (Å²) in [5.74, 6) is 1.48. The van der Waals surface area contributed by atoms with E-state index in [-0.39, 0.29) is 23.9 Å². The molecule has 5 rings (SSSR count). The zero-order chi connectivity index (χ0) is 22.8. The Morgan fingerprint density at radius 2 is 1.94 bits per heavy atom. The molecule has 0 spiro atoms. The van der Waals surface area contributed by atoms with E-state index in [4.69, 9.17) is 0 Å². The molecule has 2 fully saturated rings. The van der Waals surface area contributed by atoms with Crippen LogP contribution in [0.1, 0.15) is 37.8 Å². The van der Waals surface area contributed by atoms with Gasteiger partial charge in [0.15, 0.2) is 11.5 Å².